The van der Waals surface area contributed by atoms with Crippen molar-refractivity contribution in [2.75, 3.05) is 13.1 Å². The molecule has 0 radical (unpaired) electrons. The first-order valence-electron chi connectivity index (χ1n) is 8.50. The van der Waals surface area contributed by atoms with E-state index in [1.807, 2.05) is 6.20 Å². The predicted molar refractivity (Wildman–Crippen MR) is 96.0 cm³/mol. The highest BCUT2D eigenvalue weighted by atomic mass is 16.3. The Labute approximate surface area is 143 Å². The first kappa shape index (κ1) is 16.3. The van der Waals surface area contributed by atoms with E-state index in [-0.39, 0.29) is 11.5 Å². The Kier molecular flexibility index (Phi) is 5.32. The molecule has 1 fully saturated rings. The Morgan fingerprint density at radius 2 is 1.71 bits per heavy atom. The number of carbonyl (C=O) groups is 1. The maximum absolute atomic E-state index is 12.1. The number of piperidine rings is 1. The summed E-state index contributed by atoms with van der Waals surface area (Å²) in [5.74, 6) is 0.877. The van der Waals surface area contributed by atoms with E-state index in [4.69, 9.17) is 0 Å². The smallest absolute Gasteiger partial charge is 0.187 e. The van der Waals surface area contributed by atoms with Crippen molar-refractivity contribution in [2.45, 2.75) is 19.3 Å². The summed E-state index contributed by atoms with van der Waals surface area (Å²) in [4.78, 5) is 14.3. The summed E-state index contributed by atoms with van der Waals surface area (Å²) in [7, 11) is 0. The zero-order valence-corrected chi connectivity index (χ0v) is 13.8. The number of nitrogens with zero attached hydrogens (tertiary/aromatic N) is 1. The number of aromatic hydroxyl groups is 1. The zero-order chi connectivity index (χ0) is 16.8. The summed E-state index contributed by atoms with van der Waals surface area (Å²) < 4.78 is 0. The van der Waals surface area contributed by atoms with Crippen molar-refractivity contribution >= 4 is 5.78 Å². The van der Waals surface area contributed by atoms with Crippen LogP contribution in [0, 0.1) is 5.92 Å². The largest absolute Gasteiger partial charge is 0.508 e. The number of ketones is 1. The van der Waals surface area contributed by atoms with Crippen LogP contribution >= 0.6 is 0 Å². The highest BCUT2D eigenvalue weighted by Gasteiger charge is 2.17. The van der Waals surface area contributed by atoms with Gasteiger partial charge in [0.1, 0.15) is 5.75 Å². The standard InChI is InChI=1S/C21H23NO2/c23-20-8-6-19(7-9-20)21(24)12-15-22-13-10-18(11-14-22)16-17-4-2-1-3-5-17/h1-9,12,15,18,23H,10-11,13-14,16H2. The summed E-state index contributed by atoms with van der Waals surface area (Å²) in [6, 6.07) is 17.0. The summed E-state index contributed by atoms with van der Waals surface area (Å²) in [6.07, 6.45) is 7.00. The Hall–Kier alpha value is -2.55. The lowest BCUT2D eigenvalue weighted by atomic mass is 9.90. The maximum atomic E-state index is 12.1. The average molecular weight is 321 g/mol. The molecule has 0 amide bonds. The molecule has 0 spiro atoms. The minimum atomic E-state index is -0.0265. The molecule has 3 rings (SSSR count). The Bertz CT molecular complexity index is 684. The van der Waals surface area contributed by atoms with Gasteiger partial charge in [-0.25, -0.2) is 0 Å². The molecule has 1 aliphatic heterocycles. The summed E-state index contributed by atoms with van der Waals surface area (Å²) in [6.45, 7) is 1.99. The molecule has 2 aromatic rings. The molecule has 0 aromatic heterocycles. The van der Waals surface area contributed by atoms with Crippen molar-refractivity contribution in [2.24, 2.45) is 5.92 Å². The van der Waals surface area contributed by atoms with Crippen molar-refractivity contribution in [3.63, 3.8) is 0 Å². The van der Waals surface area contributed by atoms with Crippen LogP contribution in [0.4, 0.5) is 0 Å². The second-order valence-electron chi connectivity index (χ2n) is 6.40. The number of rotatable bonds is 5. The van der Waals surface area contributed by atoms with Gasteiger partial charge in [0.15, 0.2) is 5.78 Å². The molecular formula is C21H23NO2. The van der Waals surface area contributed by atoms with Crippen molar-refractivity contribution < 1.29 is 9.90 Å². The number of benzene rings is 2. The van der Waals surface area contributed by atoms with Gasteiger partial charge in [0.05, 0.1) is 0 Å². The lowest BCUT2D eigenvalue weighted by molar-refractivity contribution is 0.104. The molecular weight excluding hydrogens is 298 g/mol. The van der Waals surface area contributed by atoms with Crippen LogP contribution < -0.4 is 0 Å². The van der Waals surface area contributed by atoms with Gasteiger partial charge in [-0.05, 0) is 55.0 Å². The minimum Gasteiger partial charge on any atom is -0.508 e. The normalized spacial score (nSPS) is 15.8. The highest BCUT2D eigenvalue weighted by Crippen LogP contribution is 2.22. The van der Waals surface area contributed by atoms with Crippen molar-refractivity contribution in [3.05, 3.63) is 78.0 Å². The molecule has 0 saturated carbocycles. The van der Waals surface area contributed by atoms with E-state index in [0.717, 1.165) is 38.3 Å². The van der Waals surface area contributed by atoms with E-state index >= 15 is 0 Å². The van der Waals surface area contributed by atoms with Crippen molar-refractivity contribution in [1.29, 1.82) is 0 Å². The molecule has 3 heteroatoms. The molecule has 0 bridgehead atoms. The lowest BCUT2D eigenvalue weighted by Gasteiger charge is -2.31. The fourth-order valence-corrected chi connectivity index (χ4v) is 3.15. The van der Waals surface area contributed by atoms with Gasteiger partial charge in [-0.3, -0.25) is 4.79 Å². The fraction of sp³-hybridized carbons (Fsp3) is 0.286. The molecule has 1 saturated heterocycles. The number of carbonyl (C=O) groups excluding carboxylic acids is 1. The van der Waals surface area contributed by atoms with Crippen LogP contribution in [0.1, 0.15) is 28.8 Å². The quantitative estimate of drug-likeness (QED) is 0.667. The van der Waals surface area contributed by atoms with Crippen LogP contribution in [-0.2, 0) is 6.42 Å². The molecule has 24 heavy (non-hydrogen) atoms. The number of hydrogen-bond acceptors (Lipinski definition) is 3. The average Bonchev–Trinajstić information content (AvgIpc) is 2.62. The van der Waals surface area contributed by atoms with E-state index < -0.39 is 0 Å². The topological polar surface area (TPSA) is 40.5 Å². The van der Waals surface area contributed by atoms with Crippen LogP contribution in [0.5, 0.6) is 5.75 Å². The molecule has 1 N–H and O–H groups in total. The third kappa shape index (κ3) is 4.48. The van der Waals surface area contributed by atoms with Gasteiger partial charge in [-0.15, -0.1) is 0 Å². The van der Waals surface area contributed by atoms with Crippen LogP contribution in [0.25, 0.3) is 0 Å². The van der Waals surface area contributed by atoms with Crippen LogP contribution in [0.3, 0.4) is 0 Å². The van der Waals surface area contributed by atoms with Gasteiger partial charge in [-0.1, -0.05) is 30.3 Å². The summed E-state index contributed by atoms with van der Waals surface area (Å²) in [5.41, 5.74) is 2.01. The molecule has 2 aromatic carbocycles. The first-order valence-corrected chi connectivity index (χ1v) is 8.50. The SMILES string of the molecule is O=C(C=CN1CCC(Cc2ccccc2)CC1)c1ccc(O)cc1. The third-order valence-electron chi connectivity index (χ3n) is 4.60. The number of phenolic OH excluding ortho intramolecular Hbond substituents is 1. The van der Waals surface area contributed by atoms with Gasteiger partial charge in [0.25, 0.3) is 0 Å². The summed E-state index contributed by atoms with van der Waals surface area (Å²) in [5, 5.41) is 9.27. The van der Waals surface area contributed by atoms with E-state index in [2.05, 4.69) is 35.2 Å². The van der Waals surface area contributed by atoms with Crippen LogP contribution in [0.15, 0.2) is 66.9 Å². The van der Waals surface area contributed by atoms with E-state index in [1.54, 1.807) is 18.2 Å². The lowest BCUT2D eigenvalue weighted by Crippen LogP contribution is -2.30. The van der Waals surface area contributed by atoms with Crippen molar-refractivity contribution in [1.82, 2.24) is 4.90 Å². The molecule has 3 nitrogen and oxygen atoms in total. The molecule has 1 aliphatic rings. The van der Waals surface area contributed by atoms with E-state index in [9.17, 15) is 9.90 Å². The second kappa shape index (κ2) is 7.82. The number of hydrogen-bond donors (Lipinski definition) is 1. The van der Waals surface area contributed by atoms with Gasteiger partial charge in [-0.2, -0.15) is 0 Å². The number of likely N-dealkylation sites (tertiary alicyclic amines) is 1. The maximum Gasteiger partial charge on any atom is 0.187 e. The zero-order valence-electron chi connectivity index (χ0n) is 13.8. The van der Waals surface area contributed by atoms with Gasteiger partial charge < -0.3 is 10.0 Å². The van der Waals surface area contributed by atoms with Crippen molar-refractivity contribution in [3.8, 4) is 5.75 Å². The number of allylic oxidation sites excluding steroid dienone is 1. The summed E-state index contributed by atoms with van der Waals surface area (Å²) >= 11 is 0. The highest BCUT2D eigenvalue weighted by molar-refractivity contribution is 6.04. The Balaban J connectivity index is 1.48. The molecule has 0 atom stereocenters. The fourth-order valence-electron chi connectivity index (χ4n) is 3.15. The third-order valence-corrected chi connectivity index (χ3v) is 4.60. The van der Waals surface area contributed by atoms with Gasteiger partial charge in [0.2, 0.25) is 0 Å². The second-order valence-corrected chi connectivity index (χ2v) is 6.40. The Morgan fingerprint density at radius 3 is 2.38 bits per heavy atom. The molecule has 0 unspecified atom stereocenters. The Morgan fingerprint density at radius 1 is 1.04 bits per heavy atom. The van der Waals surface area contributed by atoms with Gasteiger partial charge in [0, 0.05) is 30.9 Å². The van der Waals surface area contributed by atoms with Crippen LogP contribution in [-0.4, -0.2) is 28.9 Å². The molecule has 0 aliphatic carbocycles. The first-order chi connectivity index (χ1) is 11.7. The number of phenols is 1. The minimum absolute atomic E-state index is 0.0265. The van der Waals surface area contributed by atoms with Crippen LogP contribution in [0.2, 0.25) is 0 Å². The van der Waals surface area contributed by atoms with E-state index in [1.165, 1.54) is 17.7 Å². The molecule has 124 valence electrons. The predicted octanol–water partition coefficient (Wildman–Crippen LogP) is 4.04. The van der Waals surface area contributed by atoms with Gasteiger partial charge >= 0.3 is 0 Å². The van der Waals surface area contributed by atoms with E-state index in [0.29, 0.717) is 5.56 Å². The monoisotopic (exact) mass is 321 g/mol. The molecule has 1 heterocycles.